The maximum atomic E-state index is 15.6. The molecule has 0 aliphatic carbocycles. The van der Waals surface area contributed by atoms with Crippen molar-refractivity contribution in [2.45, 2.75) is 58.1 Å². The van der Waals surface area contributed by atoms with Gasteiger partial charge in [0.2, 0.25) is 0 Å². The van der Waals surface area contributed by atoms with E-state index in [4.69, 9.17) is 16.7 Å². The van der Waals surface area contributed by atoms with E-state index in [9.17, 15) is 15.2 Å². The van der Waals surface area contributed by atoms with Crippen molar-refractivity contribution in [3.05, 3.63) is 70.0 Å². The van der Waals surface area contributed by atoms with Crippen molar-refractivity contribution in [3.63, 3.8) is 0 Å². The summed E-state index contributed by atoms with van der Waals surface area (Å²) in [6, 6.07) is 13.2. The van der Waals surface area contributed by atoms with Crippen LogP contribution in [-0.4, -0.2) is 46.9 Å². The van der Waals surface area contributed by atoms with Gasteiger partial charge in [0.05, 0.1) is 24.8 Å². The number of nitrogens with one attached hydrogen (secondary N) is 1. The number of aliphatic hydroxyl groups is 2. The average molecular weight is 516 g/mol. The smallest absolute Gasteiger partial charge is 0.317 e. The third-order valence-corrected chi connectivity index (χ3v) is 7.04. The van der Waals surface area contributed by atoms with Gasteiger partial charge in [0, 0.05) is 29.6 Å². The molecule has 194 valence electrons. The third kappa shape index (κ3) is 5.83. The minimum Gasteiger partial charge on any atom is -0.394 e. The normalized spacial score (nSPS) is 22.8. The van der Waals surface area contributed by atoms with Crippen molar-refractivity contribution in [2.75, 3.05) is 19.7 Å². The Balaban J connectivity index is 2.19. The summed E-state index contributed by atoms with van der Waals surface area (Å²) < 4.78 is 15.6. The van der Waals surface area contributed by atoms with Gasteiger partial charge in [-0.3, -0.25) is 0 Å². The lowest BCUT2D eigenvalue weighted by atomic mass is 9.63. The van der Waals surface area contributed by atoms with Gasteiger partial charge in [0.25, 0.3) is 0 Å². The first-order chi connectivity index (χ1) is 16.9. The second-order valence-corrected chi connectivity index (χ2v) is 11.3. The minimum absolute atomic E-state index is 0.141. The van der Waals surface area contributed by atoms with E-state index in [0.717, 1.165) is 5.56 Å². The molecule has 2 amide bonds. The zero-order valence-electron chi connectivity index (χ0n) is 21.3. The van der Waals surface area contributed by atoms with E-state index in [1.807, 2.05) is 6.07 Å². The standard InChI is InChI=1S/C28H35ClFN3O3/c1-18-8-9-23(24(30)12-18)28(17-31)20(14-27(2,3)4)15-33(26(36)32-11-10-22(35)16-34)25(28)19-6-5-7-21(29)13-19/h5-9,12-13,20,22,25,34-35H,10-11,14-16H2,1-4H3,(H,32,36)/t20-,22?,25-,28?/m1/s1. The Labute approximate surface area is 217 Å². The first kappa shape index (κ1) is 27.9. The summed E-state index contributed by atoms with van der Waals surface area (Å²) in [7, 11) is 0. The summed E-state index contributed by atoms with van der Waals surface area (Å²) >= 11 is 6.33. The number of nitrogens with zero attached hydrogens (tertiary/aromatic N) is 2. The zero-order chi connectivity index (χ0) is 26.7. The van der Waals surface area contributed by atoms with Crippen LogP contribution >= 0.6 is 11.6 Å². The molecular formula is C28H35ClFN3O3. The van der Waals surface area contributed by atoms with Crippen LogP contribution in [0.3, 0.4) is 0 Å². The summed E-state index contributed by atoms with van der Waals surface area (Å²) in [5.41, 5.74) is 0.0975. The molecule has 0 aromatic heterocycles. The van der Waals surface area contributed by atoms with Gasteiger partial charge in [0.1, 0.15) is 11.2 Å². The number of urea groups is 1. The van der Waals surface area contributed by atoms with Crippen molar-refractivity contribution in [1.82, 2.24) is 10.2 Å². The van der Waals surface area contributed by atoms with Gasteiger partial charge >= 0.3 is 6.03 Å². The molecule has 36 heavy (non-hydrogen) atoms. The Morgan fingerprint density at radius 2 is 2.06 bits per heavy atom. The maximum Gasteiger partial charge on any atom is 0.317 e. The Bertz CT molecular complexity index is 1130. The largest absolute Gasteiger partial charge is 0.394 e. The molecule has 4 atom stereocenters. The summed E-state index contributed by atoms with van der Waals surface area (Å²) in [5.74, 6) is -0.840. The number of aliphatic hydroxyl groups excluding tert-OH is 2. The van der Waals surface area contributed by atoms with Gasteiger partial charge in [-0.2, -0.15) is 5.26 Å². The van der Waals surface area contributed by atoms with E-state index in [-0.39, 0.29) is 36.4 Å². The van der Waals surface area contributed by atoms with Gasteiger partial charge < -0.3 is 20.4 Å². The molecule has 1 heterocycles. The van der Waals surface area contributed by atoms with Crippen molar-refractivity contribution in [1.29, 1.82) is 5.26 Å². The maximum absolute atomic E-state index is 15.6. The average Bonchev–Trinajstić information content (AvgIpc) is 3.12. The van der Waals surface area contributed by atoms with E-state index in [0.29, 0.717) is 17.0 Å². The fourth-order valence-electron chi connectivity index (χ4n) is 5.31. The van der Waals surface area contributed by atoms with Crippen LogP contribution in [0.15, 0.2) is 42.5 Å². The molecule has 0 spiro atoms. The first-order valence-corrected chi connectivity index (χ1v) is 12.6. The molecule has 3 N–H and O–H groups in total. The molecule has 6 nitrogen and oxygen atoms in total. The molecule has 3 rings (SSSR count). The highest BCUT2D eigenvalue weighted by atomic mass is 35.5. The van der Waals surface area contributed by atoms with E-state index < -0.39 is 36.0 Å². The SMILES string of the molecule is Cc1ccc(C2(C#N)[C@H](CC(C)(C)C)CN(C(=O)NCCC(O)CO)[C@@H]2c2cccc(Cl)c2)c(F)c1. The highest BCUT2D eigenvalue weighted by Gasteiger charge is 2.59. The fourth-order valence-corrected chi connectivity index (χ4v) is 5.51. The summed E-state index contributed by atoms with van der Waals surface area (Å²) in [5, 5.41) is 32.9. The Morgan fingerprint density at radius 3 is 2.64 bits per heavy atom. The number of rotatable bonds is 7. The quantitative estimate of drug-likeness (QED) is 0.477. The second kappa shape index (κ2) is 11.2. The Morgan fingerprint density at radius 1 is 1.33 bits per heavy atom. The number of amides is 2. The topological polar surface area (TPSA) is 96.6 Å². The van der Waals surface area contributed by atoms with Crippen LogP contribution in [0.2, 0.25) is 5.02 Å². The fraction of sp³-hybridized carbons (Fsp3) is 0.500. The molecular weight excluding hydrogens is 481 g/mol. The highest BCUT2D eigenvalue weighted by molar-refractivity contribution is 6.30. The van der Waals surface area contributed by atoms with Crippen LogP contribution < -0.4 is 5.32 Å². The van der Waals surface area contributed by atoms with Gasteiger partial charge in [-0.1, -0.05) is 56.6 Å². The second-order valence-electron chi connectivity index (χ2n) is 10.9. The van der Waals surface area contributed by atoms with Crippen LogP contribution in [-0.2, 0) is 5.41 Å². The number of hydrogen-bond acceptors (Lipinski definition) is 4. The Kier molecular flexibility index (Phi) is 8.66. The lowest BCUT2D eigenvalue weighted by molar-refractivity contribution is 0.0881. The van der Waals surface area contributed by atoms with Gasteiger partial charge in [-0.05, 0) is 54.5 Å². The molecule has 0 bridgehead atoms. The van der Waals surface area contributed by atoms with Crippen LogP contribution in [0, 0.1) is 35.4 Å². The van der Waals surface area contributed by atoms with Crippen molar-refractivity contribution in [2.24, 2.45) is 11.3 Å². The summed E-state index contributed by atoms with van der Waals surface area (Å²) in [6.07, 6.45) is -0.182. The number of halogens is 2. The predicted molar refractivity (Wildman–Crippen MR) is 138 cm³/mol. The Hall–Kier alpha value is -2.66. The number of nitriles is 1. The lowest BCUT2D eigenvalue weighted by Gasteiger charge is -2.38. The molecule has 2 aromatic carbocycles. The molecule has 1 fully saturated rings. The van der Waals surface area contributed by atoms with Crippen LogP contribution in [0.25, 0.3) is 0 Å². The number of carbonyl (C=O) groups excluding carboxylic acids is 1. The van der Waals surface area contributed by atoms with Gasteiger partial charge in [-0.25, -0.2) is 9.18 Å². The number of hydrogen-bond donors (Lipinski definition) is 3. The van der Waals surface area contributed by atoms with Crippen molar-refractivity contribution < 1.29 is 19.4 Å². The highest BCUT2D eigenvalue weighted by Crippen LogP contribution is 2.55. The van der Waals surface area contributed by atoms with Gasteiger partial charge in [-0.15, -0.1) is 0 Å². The summed E-state index contributed by atoms with van der Waals surface area (Å²) in [4.78, 5) is 15.1. The first-order valence-electron chi connectivity index (χ1n) is 12.2. The minimum atomic E-state index is -1.36. The van der Waals surface area contributed by atoms with E-state index >= 15 is 4.39 Å². The van der Waals surface area contributed by atoms with E-state index in [1.54, 1.807) is 42.2 Å². The van der Waals surface area contributed by atoms with E-state index in [1.165, 1.54) is 6.07 Å². The van der Waals surface area contributed by atoms with Crippen LogP contribution in [0.1, 0.15) is 56.3 Å². The molecule has 1 aliphatic rings. The van der Waals surface area contributed by atoms with Crippen LogP contribution in [0.5, 0.6) is 0 Å². The summed E-state index contributed by atoms with van der Waals surface area (Å²) in [6.45, 7) is 7.96. The molecule has 0 radical (unpaired) electrons. The number of aryl methyl sites for hydroxylation is 1. The molecule has 0 saturated carbocycles. The zero-order valence-corrected chi connectivity index (χ0v) is 22.0. The van der Waals surface area contributed by atoms with E-state index in [2.05, 4.69) is 32.2 Å². The third-order valence-electron chi connectivity index (χ3n) is 6.81. The van der Waals surface area contributed by atoms with Gasteiger partial charge in [0.15, 0.2) is 0 Å². The number of likely N-dealkylation sites (tertiary alicyclic amines) is 1. The van der Waals surface area contributed by atoms with Crippen molar-refractivity contribution in [3.8, 4) is 6.07 Å². The molecule has 2 aromatic rings. The monoisotopic (exact) mass is 515 g/mol. The number of benzene rings is 2. The predicted octanol–water partition coefficient (Wildman–Crippen LogP) is 5.11. The van der Waals surface area contributed by atoms with Crippen LogP contribution in [0.4, 0.5) is 9.18 Å². The molecule has 1 saturated heterocycles. The molecule has 1 aliphatic heterocycles. The molecule has 2 unspecified atom stereocenters. The lowest BCUT2D eigenvalue weighted by Crippen LogP contribution is -2.44. The number of carbonyl (C=O) groups is 1. The molecule has 8 heteroatoms. The van der Waals surface area contributed by atoms with Crippen molar-refractivity contribution >= 4 is 17.6 Å².